The quantitative estimate of drug-likeness (QED) is 0.709. The number of methoxy groups -OCH3 is 1. The van der Waals surface area contributed by atoms with Crippen molar-refractivity contribution in [2.45, 2.75) is 19.8 Å². The van der Waals surface area contributed by atoms with Crippen molar-refractivity contribution in [3.8, 4) is 0 Å². The minimum absolute atomic E-state index is 0.181. The van der Waals surface area contributed by atoms with Gasteiger partial charge in [0.2, 0.25) is 0 Å². The van der Waals surface area contributed by atoms with Crippen LogP contribution in [0.3, 0.4) is 0 Å². The molecule has 0 spiro atoms. The zero-order valence-electron chi connectivity index (χ0n) is 8.37. The highest BCUT2D eigenvalue weighted by Gasteiger charge is 2.14. The van der Waals surface area contributed by atoms with E-state index in [0.29, 0.717) is 5.02 Å². The Morgan fingerprint density at radius 2 is 2.14 bits per heavy atom. The van der Waals surface area contributed by atoms with Crippen LogP contribution in [0.15, 0.2) is 12.1 Å². The predicted molar refractivity (Wildman–Crippen MR) is 54.7 cm³/mol. The third-order valence-electron chi connectivity index (χ3n) is 1.84. The average molecular weight is 214 g/mol. The van der Waals surface area contributed by atoms with Crippen molar-refractivity contribution in [3.05, 3.63) is 28.5 Å². The Bertz CT molecular complexity index is 350. The van der Waals surface area contributed by atoms with Gasteiger partial charge in [0.1, 0.15) is 0 Å². The van der Waals surface area contributed by atoms with Gasteiger partial charge in [-0.05, 0) is 18.1 Å². The number of nitrogens with zero attached hydrogens (tertiary/aromatic N) is 1. The molecule has 0 radical (unpaired) electrons. The first-order valence-corrected chi connectivity index (χ1v) is 4.68. The molecule has 0 bridgehead atoms. The monoisotopic (exact) mass is 213 g/mol. The molecule has 0 saturated heterocycles. The Labute approximate surface area is 88.1 Å². The van der Waals surface area contributed by atoms with Crippen LogP contribution >= 0.6 is 11.6 Å². The molecule has 1 aromatic rings. The summed E-state index contributed by atoms with van der Waals surface area (Å²) in [7, 11) is 1.31. The van der Waals surface area contributed by atoms with Crippen LogP contribution in [-0.4, -0.2) is 18.1 Å². The molecule has 3 nitrogen and oxygen atoms in total. The molecule has 0 N–H and O–H groups in total. The highest BCUT2D eigenvalue weighted by molar-refractivity contribution is 6.33. The summed E-state index contributed by atoms with van der Waals surface area (Å²) < 4.78 is 4.57. The minimum atomic E-state index is -0.502. The van der Waals surface area contributed by atoms with Gasteiger partial charge in [-0.3, -0.25) is 0 Å². The summed E-state index contributed by atoms with van der Waals surface area (Å²) in [5, 5.41) is 0.321. The van der Waals surface area contributed by atoms with Crippen LogP contribution in [0.25, 0.3) is 0 Å². The summed E-state index contributed by atoms with van der Waals surface area (Å²) in [5.41, 5.74) is 1.01. The van der Waals surface area contributed by atoms with Crippen molar-refractivity contribution >= 4 is 17.6 Å². The molecule has 0 aromatic carbocycles. The second-order valence-electron chi connectivity index (χ2n) is 3.21. The highest BCUT2D eigenvalue weighted by atomic mass is 35.5. The first-order chi connectivity index (χ1) is 6.56. The van der Waals surface area contributed by atoms with E-state index in [1.807, 2.05) is 13.8 Å². The summed E-state index contributed by atoms with van der Waals surface area (Å²) in [6, 6.07) is 3.47. The Kier molecular flexibility index (Phi) is 3.47. The summed E-state index contributed by atoms with van der Waals surface area (Å²) in [6.07, 6.45) is 0. The molecule has 0 amide bonds. The lowest BCUT2D eigenvalue weighted by atomic mass is 10.1. The SMILES string of the molecule is COC(=O)c1nc(C(C)C)ccc1Cl. The van der Waals surface area contributed by atoms with Crippen LogP contribution in [0.2, 0.25) is 5.02 Å². The highest BCUT2D eigenvalue weighted by Crippen LogP contribution is 2.19. The number of ether oxygens (including phenoxy) is 1. The number of carbonyl (C=O) groups excluding carboxylic acids is 1. The molecule has 0 aliphatic heterocycles. The van der Waals surface area contributed by atoms with Gasteiger partial charge in [0.05, 0.1) is 12.1 Å². The van der Waals surface area contributed by atoms with Gasteiger partial charge in [-0.1, -0.05) is 25.4 Å². The number of hydrogen-bond donors (Lipinski definition) is 0. The maximum atomic E-state index is 11.2. The van der Waals surface area contributed by atoms with E-state index < -0.39 is 5.97 Å². The Morgan fingerprint density at radius 1 is 1.50 bits per heavy atom. The molecule has 14 heavy (non-hydrogen) atoms. The summed E-state index contributed by atoms with van der Waals surface area (Å²) >= 11 is 5.81. The van der Waals surface area contributed by atoms with E-state index in [4.69, 9.17) is 11.6 Å². The number of rotatable bonds is 2. The van der Waals surface area contributed by atoms with Crippen molar-refractivity contribution in [1.29, 1.82) is 0 Å². The molecule has 1 rings (SSSR count). The minimum Gasteiger partial charge on any atom is -0.464 e. The summed E-state index contributed by atoms with van der Waals surface area (Å²) in [4.78, 5) is 15.4. The first kappa shape index (κ1) is 11.0. The molecule has 1 heterocycles. The predicted octanol–water partition coefficient (Wildman–Crippen LogP) is 2.65. The Balaban J connectivity index is 3.15. The van der Waals surface area contributed by atoms with Crippen LogP contribution in [0, 0.1) is 0 Å². The van der Waals surface area contributed by atoms with E-state index in [2.05, 4.69) is 9.72 Å². The third kappa shape index (κ3) is 2.23. The van der Waals surface area contributed by atoms with Gasteiger partial charge in [0.25, 0.3) is 0 Å². The summed E-state index contributed by atoms with van der Waals surface area (Å²) in [5.74, 6) is -0.242. The number of hydrogen-bond acceptors (Lipinski definition) is 3. The van der Waals surface area contributed by atoms with E-state index >= 15 is 0 Å². The van der Waals surface area contributed by atoms with E-state index in [0.717, 1.165) is 5.69 Å². The second-order valence-corrected chi connectivity index (χ2v) is 3.62. The lowest BCUT2D eigenvalue weighted by Gasteiger charge is -2.07. The van der Waals surface area contributed by atoms with E-state index in [-0.39, 0.29) is 11.6 Å². The molecule has 4 heteroatoms. The van der Waals surface area contributed by atoms with Crippen molar-refractivity contribution in [3.63, 3.8) is 0 Å². The number of esters is 1. The summed E-state index contributed by atoms with van der Waals surface area (Å²) in [6.45, 7) is 3.99. The van der Waals surface area contributed by atoms with Crippen LogP contribution in [-0.2, 0) is 4.74 Å². The fourth-order valence-corrected chi connectivity index (χ4v) is 1.20. The van der Waals surface area contributed by atoms with Crippen molar-refractivity contribution in [2.75, 3.05) is 7.11 Å². The molecule has 1 aromatic heterocycles. The van der Waals surface area contributed by atoms with Gasteiger partial charge in [0.15, 0.2) is 5.69 Å². The lowest BCUT2D eigenvalue weighted by molar-refractivity contribution is 0.0594. The smallest absolute Gasteiger partial charge is 0.358 e. The van der Waals surface area contributed by atoms with E-state index in [1.165, 1.54) is 7.11 Å². The van der Waals surface area contributed by atoms with Crippen molar-refractivity contribution < 1.29 is 9.53 Å². The van der Waals surface area contributed by atoms with E-state index in [9.17, 15) is 4.79 Å². The van der Waals surface area contributed by atoms with Crippen LogP contribution in [0.4, 0.5) is 0 Å². The molecule has 0 atom stereocenters. The molecule has 0 aliphatic rings. The van der Waals surface area contributed by atoms with Gasteiger partial charge in [-0.2, -0.15) is 0 Å². The lowest BCUT2D eigenvalue weighted by Crippen LogP contribution is -2.07. The zero-order valence-corrected chi connectivity index (χ0v) is 9.13. The zero-order chi connectivity index (χ0) is 10.7. The number of pyridine rings is 1. The average Bonchev–Trinajstić information content (AvgIpc) is 2.17. The molecule has 0 aliphatic carbocycles. The Hall–Kier alpha value is -1.09. The standard InChI is InChI=1S/C10H12ClNO2/c1-6(2)8-5-4-7(11)9(12-8)10(13)14-3/h4-6H,1-3H3. The van der Waals surface area contributed by atoms with Gasteiger partial charge < -0.3 is 4.74 Å². The molecular formula is C10H12ClNO2. The molecule has 76 valence electrons. The molecular weight excluding hydrogens is 202 g/mol. The van der Waals surface area contributed by atoms with E-state index in [1.54, 1.807) is 12.1 Å². The number of aromatic nitrogens is 1. The van der Waals surface area contributed by atoms with Crippen LogP contribution < -0.4 is 0 Å². The van der Waals surface area contributed by atoms with Crippen LogP contribution in [0.5, 0.6) is 0 Å². The van der Waals surface area contributed by atoms with Gasteiger partial charge in [0, 0.05) is 5.69 Å². The van der Waals surface area contributed by atoms with Gasteiger partial charge >= 0.3 is 5.97 Å². The molecule has 0 unspecified atom stereocenters. The Morgan fingerprint density at radius 3 is 2.64 bits per heavy atom. The van der Waals surface area contributed by atoms with Crippen molar-refractivity contribution in [2.24, 2.45) is 0 Å². The third-order valence-corrected chi connectivity index (χ3v) is 2.14. The van der Waals surface area contributed by atoms with Gasteiger partial charge in [-0.15, -0.1) is 0 Å². The largest absolute Gasteiger partial charge is 0.464 e. The van der Waals surface area contributed by atoms with Crippen LogP contribution in [0.1, 0.15) is 35.9 Å². The number of carbonyl (C=O) groups is 1. The van der Waals surface area contributed by atoms with Crippen molar-refractivity contribution in [1.82, 2.24) is 4.98 Å². The van der Waals surface area contributed by atoms with Gasteiger partial charge in [-0.25, -0.2) is 9.78 Å². The maximum absolute atomic E-state index is 11.2. The molecule has 0 fully saturated rings. The fourth-order valence-electron chi connectivity index (χ4n) is 1.02. The topological polar surface area (TPSA) is 39.2 Å². The molecule has 0 saturated carbocycles. The fraction of sp³-hybridized carbons (Fsp3) is 0.400. The maximum Gasteiger partial charge on any atom is 0.358 e. The first-order valence-electron chi connectivity index (χ1n) is 4.31. The second kappa shape index (κ2) is 4.42. The normalized spacial score (nSPS) is 10.4. The number of halogens is 1.